The fourth-order valence-electron chi connectivity index (χ4n) is 10.1. The molecule has 3 rings (SSSR count). The number of aliphatic imine (C=N–C) groups is 4. The van der Waals surface area contributed by atoms with Gasteiger partial charge in [-0.25, -0.2) is 58.5 Å². The van der Waals surface area contributed by atoms with E-state index in [9.17, 15) is 47.6 Å². The second kappa shape index (κ2) is 30.6. The number of nitrogens with zero attached hydrogens (tertiary/aromatic N) is 7. The number of amides is 7. The topological polar surface area (TPSA) is 258 Å². The number of imide groups is 2. The van der Waals surface area contributed by atoms with Crippen molar-refractivity contribution in [3.05, 3.63) is 38.3 Å². The third-order valence-electron chi connectivity index (χ3n) is 11.1. The van der Waals surface area contributed by atoms with E-state index >= 15 is 0 Å². The first kappa shape index (κ1) is 62.5. The molecule has 66 heavy (non-hydrogen) atoms. The quantitative estimate of drug-likeness (QED) is 0.0853. The molecule has 0 aromatic carbocycles. The molecule has 6 unspecified atom stereocenters. The molecular formula is C45H69FN10O9V. The average molecular weight is 964 g/mol. The van der Waals surface area contributed by atoms with Crippen LogP contribution in [0.1, 0.15) is 120 Å². The SMILES string of the molecule is C=CN(C=O)C(=O)NC1CC(C)(C)CC(C)(CN=C=O)C1.C=CN(C=O)C(=O)NCC1(C)CC(N=C=O)CC(C)(C)C1.C=CNC=O.CC1(C)CC(N=C=O)CC(C)(CN=C=O)C1.F[N]=[V]. The van der Waals surface area contributed by atoms with E-state index in [1.165, 1.54) is 29.6 Å². The van der Waals surface area contributed by atoms with Gasteiger partial charge in [0.15, 0.2) is 0 Å². The average Bonchev–Trinajstić information content (AvgIpc) is 3.19. The molecule has 3 N–H and O–H groups in total. The minimum atomic E-state index is -0.500. The third kappa shape index (κ3) is 25.8. The summed E-state index contributed by atoms with van der Waals surface area (Å²) >= 11 is 1.42. The van der Waals surface area contributed by atoms with Crippen LogP contribution in [0.15, 0.2) is 62.3 Å². The molecule has 0 aromatic rings. The first-order chi connectivity index (χ1) is 30.7. The van der Waals surface area contributed by atoms with Crippen LogP contribution in [0, 0.1) is 32.5 Å². The molecule has 3 saturated carbocycles. The van der Waals surface area contributed by atoms with Crippen LogP contribution in [0.3, 0.4) is 0 Å². The van der Waals surface area contributed by atoms with Gasteiger partial charge >= 0.3 is 37.8 Å². The van der Waals surface area contributed by atoms with Crippen molar-refractivity contribution >= 4 is 55.6 Å². The molecule has 0 aromatic heterocycles. The Hall–Kier alpha value is -5.60. The van der Waals surface area contributed by atoms with E-state index in [4.69, 9.17) is 0 Å². The van der Waals surface area contributed by atoms with Crippen LogP contribution in [0.2, 0.25) is 0 Å². The Kier molecular flexibility index (Phi) is 29.0. The monoisotopic (exact) mass is 963 g/mol. The maximum atomic E-state index is 11.9. The summed E-state index contributed by atoms with van der Waals surface area (Å²) in [6.07, 6.45) is 19.0. The number of isocyanates is 4. The van der Waals surface area contributed by atoms with Gasteiger partial charge in [-0.3, -0.25) is 14.4 Å². The number of hydrogen-bond donors (Lipinski definition) is 3. The van der Waals surface area contributed by atoms with Crippen molar-refractivity contribution in [3.8, 4) is 0 Å². The van der Waals surface area contributed by atoms with E-state index in [1.54, 1.807) is 24.3 Å². The van der Waals surface area contributed by atoms with Crippen LogP contribution >= 0.6 is 0 Å². The van der Waals surface area contributed by atoms with Crippen molar-refractivity contribution in [1.82, 2.24) is 25.8 Å². The molecular weight excluding hydrogens is 894 g/mol. The van der Waals surface area contributed by atoms with Crippen molar-refractivity contribution in [2.75, 3.05) is 19.6 Å². The summed E-state index contributed by atoms with van der Waals surface area (Å²) in [6.45, 7) is 30.3. The molecule has 0 aliphatic heterocycles. The summed E-state index contributed by atoms with van der Waals surface area (Å²) in [5.41, 5.74) is -0.245. The van der Waals surface area contributed by atoms with Crippen molar-refractivity contribution in [3.63, 3.8) is 0 Å². The molecule has 0 radical (unpaired) electrons. The van der Waals surface area contributed by atoms with Crippen LogP contribution in [0.5, 0.6) is 0 Å². The van der Waals surface area contributed by atoms with Crippen LogP contribution in [-0.2, 0) is 50.8 Å². The predicted octanol–water partition coefficient (Wildman–Crippen LogP) is 7.16. The van der Waals surface area contributed by atoms with Gasteiger partial charge in [0.25, 0.3) is 0 Å². The second-order valence-electron chi connectivity index (χ2n) is 20.0. The maximum absolute atomic E-state index is 11.9. The number of carbonyl (C=O) groups is 5. The minimum absolute atomic E-state index is 0.00750. The van der Waals surface area contributed by atoms with Crippen molar-refractivity contribution in [2.45, 2.75) is 138 Å². The fraction of sp³-hybridized carbons (Fsp3) is 0.667. The number of rotatable bonds is 15. The van der Waals surface area contributed by atoms with E-state index in [0.29, 0.717) is 51.7 Å². The number of carbonyl (C=O) groups excluding carboxylic acids is 9. The van der Waals surface area contributed by atoms with E-state index < -0.39 is 12.1 Å². The van der Waals surface area contributed by atoms with Gasteiger partial charge in [0.05, 0.1) is 25.2 Å². The molecule has 0 heterocycles. The summed E-state index contributed by atoms with van der Waals surface area (Å²) in [5.74, 6) is 0. The first-order valence-corrected chi connectivity index (χ1v) is 21.6. The number of hydrogen-bond acceptors (Lipinski definition) is 14. The molecule has 6 atom stereocenters. The van der Waals surface area contributed by atoms with Crippen LogP contribution in [0.25, 0.3) is 0 Å². The normalized spacial score (nSPS) is 25.7. The van der Waals surface area contributed by atoms with Gasteiger partial charge in [-0.2, -0.15) is 0 Å². The van der Waals surface area contributed by atoms with Gasteiger partial charge < -0.3 is 16.0 Å². The number of halogens is 1. The summed E-state index contributed by atoms with van der Waals surface area (Å²) in [6, 6.07) is -1.12. The molecule has 3 aliphatic carbocycles. The van der Waals surface area contributed by atoms with Crippen LogP contribution in [-0.4, -0.2) is 103 Å². The predicted molar refractivity (Wildman–Crippen MR) is 242 cm³/mol. The number of nitrogens with one attached hydrogen (secondary N) is 3. The Labute approximate surface area is 397 Å². The molecule has 0 spiro atoms. The Bertz CT molecular complexity index is 1840. The van der Waals surface area contributed by atoms with Gasteiger partial charge in [-0.15, -0.1) is 0 Å². The number of urea groups is 2. The Morgan fingerprint density at radius 3 is 1.41 bits per heavy atom. The summed E-state index contributed by atoms with van der Waals surface area (Å²) in [5, 5.41) is 7.79. The third-order valence-corrected chi connectivity index (χ3v) is 11.1. The summed E-state index contributed by atoms with van der Waals surface area (Å²) in [4.78, 5) is 113. The first-order valence-electron chi connectivity index (χ1n) is 21.0. The second-order valence-corrected chi connectivity index (χ2v) is 20.2. The zero-order valence-corrected chi connectivity index (χ0v) is 41.3. The molecule has 7 amide bonds. The summed E-state index contributed by atoms with van der Waals surface area (Å²) < 4.78 is 11.8. The van der Waals surface area contributed by atoms with Gasteiger partial charge in [0.2, 0.25) is 43.6 Å². The van der Waals surface area contributed by atoms with E-state index in [1.807, 2.05) is 4.01 Å². The molecule has 0 saturated heterocycles. The van der Waals surface area contributed by atoms with Crippen molar-refractivity contribution in [2.24, 2.45) is 56.5 Å². The van der Waals surface area contributed by atoms with Crippen LogP contribution < -0.4 is 16.0 Å². The zero-order valence-electron chi connectivity index (χ0n) is 39.9. The van der Waals surface area contributed by atoms with Crippen molar-refractivity contribution < 1.29 is 64.9 Å². The van der Waals surface area contributed by atoms with Crippen LogP contribution in [0.4, 0.5) is 14.1 Å². The van der Waals surface area contributed by atoms with Gasteiger partial charge in [0.1, 0.15) is 0 Å². The van der Waals surface area contributed by atoms with Gasteiger partial charge in [-0.1, -0.05) is 82.1 Å². The van der Waals surface area contributed by atoms with E-state index in [0.717, 1.165) is 60.9 Å². The molecule has 0 bridgehead atoms. The Morgan fingerprint density at radius 1 is 0.652 bits per heavy atom. The van der Waals surface area contributed by atoms with Crippen molar-refractivity contribution in [1.29, 1.82) is 0 Å². The van der Waals surface area contributed by atoms with Gasteiger partial charge in [-0.05, 0) is 96.5 Å². The van der Waals surface area contributed by atoms with E-state index in [-0.39, 0.29) is 50.6 Å². The summed E-state index contributed by atoms with van der Waals surface area (Å²) in [7, 11) is 0. The van der Waals surface area contributed by atoms with Gasteiger partial charge in [0, 0.05) is 25.0 Å². The molecule has 3 aliphatic rings. The zero-order chi connectivity index (χ0) is 51.3. The molecule has 21 heteroatoms. The Morgan fingerprint density at radius 2 is 1.05 bits per heavy atom. The standard InChI is InChI=1S/2C15H23N3O3.C12H18N2O2.C3H5NO.FN.V/c1-5-18(11-20)13(21)16-9-15(4)7-12(17-10-19)6-14(2,3)8-15;1-5-18(11-20)13(21)17-12-6-14(2,3)8-15(4,7-12)9-16-10-19;1-11(2)4-10(14-9-16)5-12(3,6-11)7-13-8-15;1-2-4-3-5;1-2;/h5,11-12H,1,6-9H2,2-4H3,(H,16,21);5,11-12H,1,6-9H2,2-4H3,(H,17,21);10H,4-7H2,1-3H3;2-3H,1H2,(H,4,5);;. The molecule has 3 fully saturated rings. The van der Waals surface area contributed by atoms with E-state index in [2.05, 4.69) is 118 Å². The molecule has 19 nitrogen and oxygen atoms in total. The Balaban J connectivity index is 0. The molecule has 365 valence electrons. The fourth-order valence-corrected chi connectivity index (χ4v) is 10.1.